The van der Waals surface area contributed by atoms with Gasteiger partial charge in [0.25, 0.3) is 0 Å². The average Bonchev–Trinajstić information content (AvgIpc) is 2.74. The van der Waals surface area contributed by atoms with E-state index in [4.69, 9.17) is 4.74 Å². The van der Waals surface area contributed by atoms with Crippen LogP contribution in [0, 0.1) is 34.0 Å². The minimum absolute atomic E-state index is 0.115. The lowest BCUT2D eigenvalue weighted by Crippen LogP contribution is -2.64. The number of carbonyl (C=O) groups is 2. The normalized spacial score (nSPS) is 46.5. The molecule has 6 atom stereocenters. The van der Waals surface area contributed by atoms with Crippen molar-refractivity contribution in [2.24, 2.45) is 34.0 Å². The molecule has 4 rings (SSSR count). The van der Waals surface area contributed by atoms with Gasteiger partial charge in [-0.3, -0.25) is 9.59 Å². The second-order valence-corrected chi connectivity index (χ2v) is 10.1. The molecule has 0 aliphatic heterocycles. The van der Waals surface area contributed by atoms with Gasteiger partial charge in [-0.2, -0.15) is 0 Å². The van der Waals surface area contributed by atoms with Crippen LogP contribution in [0.5, 0.6) is 0 Å². The molecule has 0 amide bonds. The number of Topliss-reactive ketones (excluding diaryl/α,β-unsaturated/α-hetero) is 1. The van der Waals surface area contributed by atoms with Crippen LogP contribution >= 0.6 is 0 Å². The van der Waals surface area contributed by atoms with Crippen molar-refractivity contribution < 1.29 is 19.4 Å². The van der Waals surface area contributed by atoms with Crippen molar-refractivity contribution in [3.8, 4) is 0 Å². The third-order valence-corrected chi connectivity index (χ3v) is 8.50. The van der Waals surface area contributed by atoms with Gasteiger partial charge in [0.05, 0.1) is 12.7 Å². The zero-order chi connectivity index (χ0) is 18.9. The molecule has 4 heteroatoms. The fourth-order valence-electron chi connectivity index (χ4n) is 7.71. The predicted molar refractivity (Wildman–Crippen MR) is 98.2 cm³/mol. The molecule has 0 aromatic rings. The summed E-state index contributed by atoms with van der Waals surface area (Å²) in [6, 6.07) is 0. The molecule has 0 saturated heterocycles. The summed E-state index contributed by atoms with van der Waals surface area (Å²) in [5.74, 6) is 0.300. The first kappa shape index (κ1) is 18.2. The van der Waals surface area contributed by atoms with Crippen LogP contribution in [-0.2, 0) is 14.3 Å². The minimum Gasteiger partial charge on any atom is -0.465 e. The molecule has 1 N–H and O–H groups in total. The summed E-state index contributed by atoms with van der Waals surface area (Å²) in [7, 11) is 0. The second kappa shape index (κ2) is 5.67. The van der Waals surface area contributed by atoms with E-state index in [9.17, 15) is 14.7 Å². The first-order valence-electron chi connectivity index (χ1n) is 10.2. The van der Waals surface area contributed by atoms with Gasteiger partial charge in [-0.1, -0.05) is 26.8 Å². The SMILES string of the molecule is C=C1C(=O)[C@@]23CC[C@@H]4C(C)(C)CCC[C@@]4(COC(C)=O)C2C(O)C[C@@H]1C3. The molecule has 0 aromatic carbocycles. The highest BCUT2D eigenvalue weighted by atomic mass is 16.5. The second-order valence-electron chi connectivity index (χ2n) is 10.1. The number of rotatable bonds is 2. The summed E-state index contributed by atoms with van der Waals surface area (Å²) >= 11 is 0. The van der Waals surface area contributed by atoms with Gasteiger partial charge in [-0.25, -0.2) is 0 Å². The Balaban J connectivity index is 1.84. The van der Waals surface area contributed by atoms with Gasteiger partial charge >= 0.3 is 5.97 Å². The molecule has 0 aromatic heterocycles. The standard InChI is InChI=1S/C22H32O4/c1-13-15-10-16(24)18-21(11-15,19(13)25)9-6-17-20(3,4)7-5-8-22(17,18)12-26-14(2)23/h15-18,24H,1,5-12H2,2-4H3/t15-,16?,17-,18?,21-,22+/m1/s1. The van der Waals surface area contributed by atoms with Crippen LogP contribution < -0.4 is 0 Å². The van der Waals surface area contributed by atoms with Crippen LogP contribution in [0.3, 0.4) is 0 Å². The number of carbonyl (C=O) groups excluding carboxylic acids is 2. The fraction of sp³-hybridized carbons (Fsp3) is 0.818. The van der Waals surface area contributed by atoms with Crippen molar-refractivity contribution in [3.05, 3.63) is 12.2 Å². The van der Waals surface area contributed by atoms with Crippen LogP contribution in [0.15, 0.2) is 12.2 Å². The molecule has 4 aliphatic rings. The smallest absolute Gasteiger partial charge is 0.302 e. The number of esters is 1. The first-order chi connectivity index (χ1) is 12.1. The van der Waals surface area contributed by atoms with Crippen molar-refractivity contribution in [2.75, 3.05) is 6.61 Å². The summed E-state index contributed by atoms with van der Waals surface area (Å²) in [6.07, 6.45) is 5.92. The van der Waals surface area contributed by atoms with Crippen LogP contribution in [-0.4, -0.2) is 29.6 Å². The molecule has 144 valence electrons. The Kier molecular flexibility index (Phi) is 3.97. The van der Waals surface area contributed by atoms with E-state index >= 15 is 0 Å². The van der Waals surface area contributed by atoms with Crippen molar-refractivity contribution in [3.63, 3.8) is 0 Å². The monoisotopic (exact) mass is 360 g/mol. The number of ether oxygens (including phenoxy) is 1. The van der Waals surface area contributed by atoms with Crippen LogP contribution in [0.25, 0.3) is 0 Å². The van der Waals surface area contributed by atoms with E-state index in [-0.39, 0.29) is 34.4 Å². The van der Waals surface area contributed by atoms with Gasteiger partial charge in [0.2, 0.25) is 0 Å². The van der Waals surface area contributed by atoms with Crippen LogP contribution in [0.4, 0.5) is 0 Å². The highest BCUT2D eigenvalue weighted by molar-refractivity contribution is 6.03. The van der Waals surface area contributed by atoms with Gasteiger partial charge in [-0.15, -0.1) is 0 Å². The molecule has 4 saturated carbocycles. The number of allylic oxidation sites excluding steroid dienone is 1. The minimum atomic E-state index is -0.510. The quantitative estimate of drug-likeness (QED) is 0.603. The Morgan fingerprint density at radius 3 is 2.73 bits per heavy atom. The van der Waals surface area contributed by atoms with Crippen molar-refractivity contribution in [1.29, 1.82) is 0 Å². The van der Waals surface area contributed by atoms with Gasteiger partial charge < -0.3 is 9.84 Å². The molecule has 2 unspecified atom stereocenters. The first-order valence-corrected chi connectivity index (χ1v) is 10.2. The molecule has 4 nitrogen and oxygen atoms in total. The molecule has 2 bridgehead atoms. The topological polar surface area (TPSA) is 63.6 Å². The summed E-state index contributed by atoms with van der Waals surface area (Å²) in [5, 5.41) is 11.2. The molecule has 0 heterocycles. The Hall–Kier alpha value is -1.16. The van der Waals surface area contributed by atoms with Gasteiger partial charge in [0.1, 0.15) is 0 Å². The van der Waals surface area contributed by atoms with E-state index in [0.717, 1.165) is 44.1 Å². The van der Waals surface area contributed by atoms with E-state index in [1.165, 1.54) is 6.92 Å². The van der Waals surface area contributed by atoms with E-state index in [2.05, 4.69) is 20.4 Å². The summed E-state index contributed by atoms with van der Waals surface area (Å²) in [4.78, 5) is 25.0. The Morgan fingerprint density at radius 1 is 1.31 bits per heavy atom. The van der Waals surface area contributed by atoms with E-state index in [1.54, 1.807) is 0 Å². The maximum Gasteiger partial charge on any atom is 0.302 e. The summed E-state index contributed by atoms with van der Waals surface area (Å²) in [6.45, 7) is 10.5. The summed E-state index contributed by atoms with van der Waals surface area (Å²) < 4.78 is 5.61. The van der Waals surface area contributed by atoms with E-state index < -0.39 is 11.5 Å². The van der Waals surface area contributed by atoms with Crippen molar-refractivity contribution in [2.45, 2.75) is 71.8 Å². The summed E-state index contributed by atoms with van der Waals surface area (Å²) in [5.41, 5.74) is 0.0809. The fourth-order valence-corrected chi connectivity index (χ4v) is 7.71. The maximum atomic E-state index is 13.3. The average molecular weight is 360 g/mol. The molecule has 0 radical (unpaired) electrons. The van der Waals surface area contributed by atoms with E-state index in [0.29, 0.717) is 18.9 Å². The predicted octanol–water partition coefficient (Wildman–Crippen LogP) is 3.67. The zero-order valence-electron chi connectivity index (χ0n) is 16.3. The lowest BCUT2D eigenvalue weighted by molar-refractivity contribution is -0.212. The third kappa shape index (κ3) is 2.23. The van der Waals surface area contributed by atoms with Gasteiger partial charge in [0, 0.05) is 23.7 Å². The number of hydrogen-bond acceptors (Lipinski definition) is 4. The number of fused-ring (bicyclic) bond motifs is 3. The Labute approximate surface area is 156 Å². The number of hydrogen-bond donors (Lipinski definition) is 1. The Bertz CT molecular complexity index is 665. The van der Waals surface area contributed by atoms with E-state index in [1.807, 2.05) is 0 Å². The third-order valence-electron chi connectivity index (χ3n) is 8.50. The molecule has 4 fully saturated rings. The lowest BCUT2D eigenvalue weighted by atomic mass is 9.40. The van der Waals surface area contributed by atoms with Crippen molar-refractivity contribution >= 4 is 11.8 Å². The Morgan fingerprint density at radius 2 is 2.04 bits per heavy atom. The maximum absolute atomic E-state index is 13.3. The van der Waals surface area contributed by atoms with Gasteiger partial charge in [0.15, 0.2) is 5.78 Å². The number of aliphatic hydroxyl groups excluding tert-OH is 1. The zero-order valence-corrected chi connectivity index (χ0v) is 16.3. The van der Waals surface area contributed by atoms with Crippen molar-refractivity contribution in [1.82, 2.24) is 0 Å². The molecule has 26 heavy (non-hydrogen) atoms. The number of aliphatic hydroxyl groups is 1. The van der Waals surface area contributed by atoms with Gasteiger partial charge in [-0.05, 0) is 61.3 Å². The largest absolute Gasteiger partial charge is 0.465 e. The van der Waals surface area contributed by atoms with Crippen LogP contribution in [0.1, 0.15) is 65.7 Å². The molecular formula is C22H32O4. The highest BCUT2D eigenvalue weighted by Gasteiger charge is 2.70. The lowest BCUT2D eigenvalue weighted by Gasteiger charge is -2.64. The molecular weight excluding hydrogens is 328 g/mol. The highest BCUT2D eigenvalue weighted by Crippen LogP contribution is 2.71. The van der Waals surface area contributed by atoms with Crippen LogP contribution in [0.2, 0.25) is 0 Å². The molecule has 4 aliphatic carbocycles. The molecule has 1 spiro atoms. The number of ketones is 1.